The van der Waals surface area contributed by atoms with Gasteiger partial charge in [-0.15, -0.1) is 17.9 Å². The average Bonchev–Trinajstić information content (AvgIpc) is 3.23. The molecule has 1 amide bonds. The second-order valence-corrected chi connectivity index (χ2v) is 8.95. The number of hydrogen-bond acceptors (Lipinski definition) is 5. The van der Waals surface area contributed by atoms with Gasteiger partial charge in [0.1, 0.15) is 4.83 Å². The minimum absolute atomic E-state index is 0.0398. The van der Waals surface area contributed by atoms with Gasteiger partial charge in [0.05, 0.1) is 11.1 Å². The number of fused-ring (bicyclic) bond motifs is 3. The fourth-order valence-corrected chi connectivity index (χ4v) is 5.65. The third kappa shape index (κ3) is 3.74. The van der Waals surface area contributed by atoms with E-state index in [-0.39, 0.29) is 17.2 Å². The van der Waals surface area contributed by atoms with Gasteiger partial charge in [0.2, 0.25) is 5.91 Å². The van der Waals surface area contributed by atoms with Gasteiger partial charge < -0.3 is 5.32 Å². The Hall–Kier alpha value is -2.09. The molecule has 1 aromatic carbocycles. The van der Waals surface area contributed by atoms with Crippen LogP contribution in [0.25, 0.3) is 10.2 Å². The number of halogens is 1. The Labute approximate surface area is 175 Å². The first-order valence-electron chi connectivity index (χ1n) is 8.91. The van der Waals surface area contributed by atoms with Crippen molar-refractivity contribution in [1.82, 2.24) is 9.55 Å². The molecule has 0 fully saturated rings. The van der Waals surface area contributed by atoms with Crippen LogP contribution < -0.4 is 10.9 Å². The first-order valence-corrected chi connectivity index (χ1v) is 11.1. The SMILES string of the molecule is C=CCn1c(SCC(=O)Nc2cccc(Cl)c2)nc2sc3c(c2c1=O)CCC3. The number of allylic oxidation sites excluding steroid dienone is 1. The highest BCUT2D eigenvalue weighted by Gasteiger charge is 2.23. The average molecular weight is 432 g/mol. The Morgan fingerprint density at radius 1 is 1.43 bits per heavy atom. The normalized spacial score (nSPS) is 12.9. The van der Waals surface area contributed by atoms with E-state index in [1.165, 1.54) is 16.6 Å². The van der Waals surface area contributed by atoms with Crippen LogP contribution in [0.15, 0.2) is 46.9 Å². The largest absolute Gasteiger partial charge is 0.325 e. The molecular weight excluding hydrogens is 414 g/mol. The molecule has 2 heterocycles. The molecule has 0 bridgehead atoms. The van der Waals surface area contributed by atoms with E-state index in [0.717, 1.165) is 35.0 Å². The lowest BCUT2D eigenvalue weighted by atomic mass is 10.2. The van der Waals surface area contributed by atoms with Gasteiger partial charge in [0, 0.05) is 22.1 Å². The van der Waals surface area contributed by atoms with E-state index < -0.39 is 0 Å². The first kappa shape index (κ1) is 19.2. The van der Waals surface area contributed by atoms with Crippen molar-refractivity contribution >= 4 is 56.5 Å². The predicted octanol–water partition coefficient (Wildman–Crippen LogP) is 4.52. The fourth-order valence-electron chi connectivity index (χ4n) is 3.35. The molecule has 1 aliphatic rings. The lowest BCUT2D eigenvalue weighted by Gasteiger charge is -2.11. The Morgan fingerprint density at radius 3 is 3.07 bits per heavy atom. The van der Waals surface area contributed by atoms with Gasteiger partial charge in [-0.05, 0) is 43.0 Å². The van der Waals surface area contributed by atoms with Crippen molar-refractivity contribution < 1.29 is 4.79 Å². The topological polar surface area (TPSA) is 64.0 Å². The van der Waals surface area contributed by atoms with Gasteiger partial charge in [-0.1, -0.05) is 35.5 Å². The second kappa shape index (κ2) is 8.11. The number of aryl methyl sites for hydroxylation is 2. The van der Waals surface area contributed by atoms with Crippen LogP contribution in [0.3, 0.4) is 0 Å². The summed E-state index contributed by atoms with van der Waals surface area (Å²) >= 11 is 8.80. The number of aromatic nitrogens is 2. The molecule has 0 radical (unpaired) electrons. The van der Waals surface area contributed by atoms with Crippen LogP contribution in [0.2, 0.25) is 5.02 Å². The van der Waals surface area contributed by atoms with E-state index in [2.05, 4.69) is 11.9 Å². The number of carbonyl (C=O) groups is 1. The van der Waals surface area contributed by atoms with Gasteiger partial charge >= 0.3 is 0 Å². The molecule has 0 saturated heterocycles. The molecule has 1 aliphatic carbocycles. The zero-order chi connectivity index (χ0) is 19.7. The second-order valence-electron chi connectivity index (χ2n) is 6.48. The summed E-state index contributed by atoms with van der Waals surface area (Å²) in [5, 5.41) is 4.65. The summed E-state index contributed by atoms with van der Waals surface area (Å²) in [5.74, 6) is -0.0346. The highest BCUT2D eigenvalue weighted by atomic mass is 35.5. The molecule has 0 aliphatic heterocycles. The molecule has 0 unspecified atom stereocenters. The maximum atomic E-state index is 13.1. The number of anilines is 1. The number of rotatable bonds is 6. The van der Waals surface area contributed by atoms with Crippen molar-refractivity contribution in [3.63, 3.8) is 0 Å². The molecule has 8 heteroatoms. The minimum Gasteiger partial charge on any atom is -0.325 e. The van der Waals surface area contributed by atoms with E-state index in [9.17, 15) is 9.59 Å². The summed E-state index contributed by atoms with van der Waals surface area (Å²) < 4.78 is 1.61. The molecular formula is C20H18ClN3O2S2. The lowest BCUT2D eigenvalue weighted by molar-refractivity contribution is -0.113. The standard InChI is InChI=1S/C20H18ClN3O2S2/c1-2-9-24-19(26)17-14-7-4-8-15(14)28-18(17)23-20(24)27-11-16(25)22-13-6-3-5-12(21)10-13/h2-3,5-6,10H,1,4,7-9,11H2,(H,22,25). The quantitative estimate of drug-likeness (QED) is 0.354. The van der Waals surface area contributed by atoms with Crippen molar-refractivity contribution in [1.29, 1.82) is 0 Å². The molecule has 4 rings (SSSR count). The van der Waals surface area contributed by atoms with Gasteiger partial charge in [-0.3, -0.25) is 14.2 Å². The molecule has 144 valence electrons. The first-order chi connectivity index (χ1) is 13.6. The number of hydrogen-bond donors (Lipinski definition) is 1. The van der Waals surface area contributed by atoms with E-state index in [4.69, 9.17) is 16.6 Å². The maximum Gasteiger partial charge on any atom is 0.263 e. The van der Waals surface area contributed by atoms with Gasteiger partial charge in [0.25, 0.3) is 5.56 Å². The maximum absolute atomic E-state index is 13.1. The van der Waals surface area contributed by atoms with Gasteiger partial charge in [0.15, 0.2) is 5.16 Å². The van der Waals surface area contributed by atoms with Crippen LogP contribution in [0.5, 0.6) is 0 Å². The monoisotopic (exact) mass is 431 g/mol. The molecule has 0 spiro atoms. The number of nitrogens with zero attached hydrogens (tertiary/aromatic N) is 2. The molecule has 28 heavy (non-hydrogen) atoms. The summed E-state index contributed by atoms with van der Waals surface area (Å²) in [6.07, 6.45) is 4.73. The van der Waals surface area contributed by atoms with Crippen LogP contribution in [-0.2, 0) is 24.2 Å². The Morgan fingerprint density at radius 2 is 2.29 bits per heavy atom. The van der Waals surface area contributed by atoms with Crippen molar-refractivity contribution in [3.8, 4) is 0 Å². The highest BCUT2D eigenvalue weighted by molar-refractivity contribution is 7.99. The smallest absolute Gasteiger partial charge is 0.263 e. The van der Waals surface area contributed by atoms with Crippen molar-refractivity contribution in [2.24, 2.45) is 0 Å². The Bertz CT molecular complexity index is 1140. The summed E-state index contributed by atoms with van der Waals surface area (Å²) in [7, 11) is 0. The highest BCUT2D eigenvalue weighted by Crippen LogP contribution is 2.35. The number of carbonyl (C=O) groups excluding carboxylic acids is 1. The number of thioether (sulfide) groups is 1. The minimum atomic E-state index is -0.180. The lowest BCUT2D eigenvalue weighted by Crippen LogP contribution is -2.23. The number of nitrogens with one attached hydrogen (secondary N) is 1. The van der Waals surface area contributed by atoms with Gasteiger partial charge in [-0.25, -0.2) is 4.98 Å². The molecule has 5 nitrogen and oxygen atoms in total. The van der Waals surface area contributed by atoms with E-state index in [1.807, 2.05) is 0 Å². The fraction of sp³-hybridized carbons (Fsp3) is 0.250. The van der Waals surface area contributed by atoms with Crippen LogP contribution in [-0.4, -0.2) is 21.2 Å². The van der Waals surface area contributed by atoms with Crippen molar-refractivity contribution in [3.05, 3.63) is 62.7 Å². The third-order valence-corrected chi connectivity index (χ3v) is 6.94. The Kier molecular flexibility index (Phi) is 5.57. The van der Waals surface area contributed by atoms with Gasteiger partial charge in [-0.2, -0.15) is 0 Å². The predicted molar refractivity (Wildman–Crippen MR) is 117 cm³/mol. The van der Waals surface area contributed by atoms with E-state index in [0.29, 0.717) is 22.4 Å². The van der Waals surface area contributed by atoms with Crippen LogP contribution in [0.4, 0.5) is 5.69 Å². The molecule has 2 aromatic heterocycles. The third-order valence-electron chi connectivity index (χ3n) is 4.54. The summed E-state index contributed by atoms with van der Waals surface area (Å²) in [5.41, 5.74) is 1.76. The van der Waals surface area contributed by atoms with Crippen LogP contribution in [0, 0.1) is 0 Å². The molecule has 3 aromatic rings. The summed E-state index contributed by atoms with van der Waals surface area (Å²) in [6, 6.07) is 6.99. The van der Waals surface area contributed by atoms with Crippen LogP contribution >= 0.6 is 34.7 Å². The van der Waals surface area contributed by atoms with E-state index in [1.54, 1.807) is 46.2 Å². The zero-order valence-electron chi connectivity index (χ0n) is 15.0. The molecule has 0 saturated carbocycles. The number of thiophene rings is 1. The Balaban J connectivity index is 1.59. The van der Waals surface area contributed by atoms with Crippen molar-refractivity contribution in [2.45, 2.75) is 31.0 Å². The summed E-state index contributed by atoms with van der Waals surface area (Å²) in [4.78, 5) is 32.2. The summed E-state index contributed by atoms with van der Waals surface area (Å²) in [6.45, 7) is 4.12. The number of amides is 1. The molecule has 1 N–H and O–H groups in total. The molecule has 0 atom stereocenters. The van der Waals surface area contributed by atoms with Crippen LogP contribution in [0.1, 0.15) is 16.9 Å². The van der Waals surface area contributed by atoms with E-state index >= 15 is 0 Å². The number of benzene rings is 1. The van der Waals surface area contributed by atoms with Crippen molar-refractivity contribution in [2.75, 3.05) is 11.1 Å². The zero-order valence-corrected chi connectivity index (χ0v) is 17.4.